The zero-order valence-corrected chi connectivity index (χ0v) is 16.9. The topological polar surface area (TPSA) is 118 Å². The Balaban J connectivity index is 1.59. The average Bonchev–Trinajstić information content (AvgIpc) is 3.22. The van der Waals surface area contributed by atoms with Gasteiger partial charge in [-0.25, -0.2) is 8.42 Å². The van der Waals surface area contributed by atoms with Gasteiger partial charge in [-0.2, -0.15) is 4.72 Å². The van der Waals surface area contributed by atoms with E-state index in [4.69, 9.17) is 4.74 Å². The molecule has 2 aromatic heterocycles. The molecule has 0 unspecified atom stereocenters. The molecule has 8 nitrogen and oxygen atoms in total. The first-order valence-corrected chi connectivity index (χ1v) is 11.0. The summed E-state index contributed by atoms with van der Waals surface area (Å²) in [5.41, 5.74) is -0.249. The molecule has 1 aliphatic carbocycles. The number of nitrogens with one attached hydrogen (secondary N) is 1. The highest BCUT2D eigenvalue weighted by atomic mass is 32.2. The second kappa shape index (κ2) is 7.21. The summed E-state index contributed by atoms with van der Waals surface area (Å²) in [4.78, 5) is 12.5. The van der Waals surface area contributed by atoms with Crippen LogP contribution >= 0.6 is 11.3 Å². The van der Waals surface area contributed by atoms with E-state index in [9.17, 15) is 18.3 Å². The maximum atomic E-state index is 12.9. The zero-order chi connectivity index (χ0) is 20.6. The van der Waals surface area contributed by atoms with E-state index in [0.717, 1.165) is 16.9 Å². The molecular formula is C19H17N3O5S2. The lowest BCUT2D eigenvalue weighted by atomic mass is 10.1. The Morgan fingerprint density at radius 1 is 1.17 bits per heavy atom. The fraction of sp³-hybridized carbons (Fsp3) is 0.211. The van der Waals surface area contributed by atoms with Crippen LogP contribution in [0.4, 0.5) is 0 Å². The van der Waals surface area contributed by atoms with Crippen molar-refractivity contribution in [2.24, 2.45) is 0 Å². The maximum absolute atomic E-state index is 12.9. The number of methoxy groups -OCH3 is 1. The first-order chi connectivity index (χ1) is 13.9. The molecule has 0 amide bonds. The number of aromatic nitrogens is 2. The van der Waals surface area contributed by atoms with Crippen molar-refractivity contribution in [2.75, 3.05) is 7.11 Å². The van der Waals surface area contributed by atoms with E-state index in [2.05, 4.69) is 14.9 Å². The molecule has 0 radical (unpaired) electrons. The molecule has 0 spiro atoms. The number of ether oxygens (including phenoxy) is 1. The van der Waals surface area contributed by atoms with Crippen LogP contribution in [0.15, 0.2) is 58.8 Å². The minimum absolute atomic E-state index is 0.0180. The number of sulfonamides is 1. The Labute approximate surface area is 171 Å². The van der Waals surface area contributed by atoms with Crippen LogP contribution in [-0.2, 0) is 14.8 Å². The summed E-state index contributed by atoms with van der Waals surface area (Å²) in [5.74, 6) is -1.25. The molecule has 1 fully saturated rings. The van der Waals surface area contributed by atoms with Crippen molar-refractivity contribution >= 4 is 27.3 Å². The van der Waals surface area contributed by atoms with E-state index in [1.807, 2.05) is 6.07 Å². The molecule has 2 heterocycles. The lowest BCUT2D eigenvalue weighted by Gasteiger charge is -2.14. The van der Waals surface area contributed by atoms with Crippen molar-refractivity contribution in [3.05, 3.63) is 60.2 Å². The number of aliphatic carboxylic acids is 1. The number of carboxylic acid groups (broad SMARTS) is 1. The number of carbonyl (C=O) groups is 1. The highest BCUT2D eigenvalue weighted by Gasteiger charge is 2.63. The monoisotopic (exact) mass is 431 g/mol. The third-order valence-electron chi connectivity index (χ3n) is 4.81. The van der Waals surface area contributed by atoms with E-state index in [0.29, 0.717) is 16.5 Å². The molecule has 1 aromatic carbocycles. The minimum Gasteiger partial charge on any atom is -0.480 e. The van der Waals surface area contributed by atoms with Crippen LogP contribution in [0.1, 0.15) is 17.9 Å². The first kappa shape index (κ1) is 19.5. The predicted molar refractivity (Wildman–Crippen MR) is 106 cm³/mol. The summed E-state index contributed by atoms with van der Waals surface area (Å²) in [5, 5.41) is 17.6. The lowest BCUT2D eigenvalue weighted by molar-refractivity contribution is -0.140. The van der Waals surface area contributed by atoms with Gasteiger partial charge in [0.15, 0.2) is 0 Å². The Morgan fingerprint density at radius 3 is 2.55 bits per heavy atom. The summed E-state index contributed by atoms with van der Waals surface area (Å²) in [6.07, 6.45) is 0.202. The Bertz CT molecular complexity index is 1150. The number of hydrogen-bond acceptors (Lipinski definition) is 7. The highest BCUT2D eigenvalue weighted by Crippen LogP contribution is 2.52. The van der Waals surface area contributed by atoms with Crippen molar-refractivity contribution < 1.29 is 23.1 Å². The van der Waals surface area contributed by atoms with Crippen LogP contribution in [0.3, 0.4) is 0 Å². The van der Waals surface area contributed by atoms with E-state index in [1.54, 1.807) is 42.5 Å². The minimum atomic E-state index is -4.03. The summed E-state index contributed by atoms with van der Waals surface area (Å²) < 4.78 is 33.2. The van der Waals surface area contributed by atoms with Crippen LogP contribution in [0, 0.1) is 0 Å². The second-order valence-electron chi connectivity index (χ2n) is 6.63. The fourth-order valence-electron chi connectivity index (χ4n) is 3.20. The molecular weight excluding hydrogens is 414 g/mol. The standard InChI is InChI=1S/C19H17N3O5S2/c1-27-16-9-7-14(20-21-16)15-8-10-17(28-15)29(25,26)22-19(18(23)24)11-13(19)12-5-3-2-4-6-12/h2-10,13,22H,11H2,1H3,(H,23,24)/t13-,19+/m1/s1. The van der Waals surface area contributed by atoms with Gasteiger partial charge in [0.05, 0.1) is 12.0 Å². The molecule has 3 aromatic rings. The smallest absolute Gasteiger partial charge is 0.325 e. The molecule has 4 rings (SSSR count). The molecule has 1 aliphatic rings. The molecule has 150 valence electrons. The average molecular weight is 431 g/mol. The highest BCUT2D eigenvalue weighted by molar-refractivity contribution is 7.91. The van der Waals surface area contributed by atoms with E-state index < -0.39 is 27.4 Å². The van der Waals surface area contributed by atoms with Crippen LogP contribution in [0.25, 0.3) is 10.6 Å². The van der Waals surface area contributed by atoms with Crippen molar-refractivity contribution in [2.45, 2.75) is 22.1 Å². The summed E-state index contributed by atoms with van der Waals surface area (Å²) in [6, 6.07) is 15.4. The summed E-state index contributed by atoms with van der Waals surface area (Å²) in [7, 11) is -2.55. The molecule has 29 heavy (non-hydrogen) atoms. The summed E-state index contributed by atoms with van der Waals surface area (Å²) in [6.45, 7) is 0. The van der Waals surface area contributed by atoms with Crippen molar-refractivity contribution in [1.29, 1.82) is 0 Å². The molecule has 1 saturated carbocycles. The first-order valence-electron chi connectivity index (χ1n) is 8.66. The van der Waals surface area contributed by atoms with Gasteiger partial charge >= 0.3 is 5.97 Å². The maximum Gasteiger partial charge on any atom is 0.325 e. The second-order valence-corrected chi connectivity index (χ2v) is 9.62. The van der Waals surface area contributed by atoms with E-state index in [-0.39, 0.29) is 10.6 Å². The fourth-order valence-corrected chi connectivity index (χ4v) is 5.87. The number of rotatable bonds is 7. The molecule has 10 heteroatoms. The van der Waals surface area contributed by atoms with Crippen molar-refractivity contribution in [1.82, 2.24) is 14.9 Å². The van der Waals surface area contributed by atoms with Gasteiger partial charge in [-0.15, -0.1) is 21.5 Å². The number of benzene rings is 1. The van der Waals surface area contributed by atoms with E-state index in [1.165, 1.54) is 13.2 Å². The normalized spacial score (nSPS) is 20.9. The van der Waals surface area contributed by atoms with Crippen LogP contribution < -0.4 is 9.46 Å². The number of thiophene rings is 1. The van der Waals surface area contributed by atoms with Gasteiger partial charge in [-0.1, -0.05) is 30.3 Å². The number of carboxylic acids is 1. The van der Waals surface area contributed by atoms with Gasteiger partial charge in [-0.3, -0.25) is 4.79 Å². The Hall–Kier alpha value is -2.82. The SMILES string of the molecule is COc1ccc(-c2ccc(S(=O)(=O)N[C@@]3(C(=O)O)C[C@@H]3c3ccccc3)s2)nn1. The van der Waals surface area contributed by atoms with Gasteiger partial charge in [0.1, 0.15) is 15.4 Å². The van der Waals surface area contributed by atoms with Gasteiger partial charge in [0.25, 0.3) is 10.0 Å². The molecule has 0 bridgehead atoms. The number of nitrogens with zero attached hydrogens (tertiary/aromatic N) is 2. The van der Waals surface area contributed by atoms with Crippen molar-refractivity contribution in [3.63, 3.8) is 0 Å². The number of hydrogen-bond donors (Lipinski definition) is 2. The Morgan fingerprint density at radius 2 is 1.93 bits per heavy atom. The van der Waals surface area contributed by atoms with Crippen LogP contribution in [0.5, 0.6) is 5.88 Å². The largest absolute Gasteiger partial charge is 0.480 e. The predicted octanol–water partition coefficient (Wildman–Crippen LogP) is 2.50. The van der Waals surface area contributed by atoms with Crippen molar-refractivity contribution in [3.8, 4) is 16.5 Å². The molecule has 0 saturated heterocycles. The third-order valence-corrected chi connectivity index (χ3v) is 7.92. The summed E-state index contributed by atoms with van der Waals surface area (Å²) >= 11 is 0.997. The third kappa shape index (κ3) is 3.61. The van der Waals surface area contributed by atoms with Crippen LogP contribution in [0.2, 0.25) is 0 Å². The molecule has 2 N–H and O–H groups in total. The lowest BCUT2D eigenvalue weighted by Crippen LogP contribution is -2.44. The van der Waals surface area contributed by atoms with Crippen LogP contribution in [-0.4, -0.2) is 42.3 Å². The zero-order valence-electron chi connectivity index (χ0n) is 15.3. The Kier molecular flexibility index (Phi) is 4.85. The van der Waals surface area contributed by atoms with E-state index >= 15 is 0 Å². The molecule has 0 aliphatic heterocycles. The van der Waals surface area contributed by atoms with Gasteiger partial charge in [0, 0.05) is 12.0 Å². The van der Waals surface area contributed by atoms with Gasteiger partial charge in [-0.05, 0) is 30.2 Å². The van der Waals surface area contributed by atoms with Gasteiger partial charge in [0.2, 0.25) is 5.88 Å². The van der Waals surface area contributed by atoms with Gasteiger partial charge < -0.3 is 9.84 Å². The molecule has 2 atom stereocenters. The quantitative estimate of drug-likeness (QED) is 0.590.